The molecule has 1 heterocycles. The Hall–Kier alpha value is -1.06. The minimum absolute atomic E-state index is 0.105. The molecule has 1 aliphatic rings. The Labute approximate surface area is 116 Å². The van der Waals surface area contributed by atoms with Crippen molar-refractivity contribution in [2.45, 2.75) is 52.9 Å². The molecule has 0 radical (unpaired) electrons. The highest BCUT2D eigenvalue weighted by Gasteiger charge is 2.35. The van der Waals surface area contributed by atoms with Gasteiger partial charge in [-0.3, -0.25) is 9.59 Å². The normalized spacial score (nSPS) is 20.7. The van der Waals surface area contributed by atoms with E-state index in [0.717, 1.165) is 13.0 Å². The third-order valence-corrected chi connectivity index (χ3v) is 3.86. The minimum Gasteiger partial charge on any atom is -0.466 e. The first-order valence-electron chi connectivity index (χ1n) is 7.56. The van der Waals surface area contributed by atoms with Gasteiger partial charge in [-0.1, -0.05) is 33.1 Å². The third-order valence-electron chi connectivity index (χ3n) is 3.86. The molecule has 1 rings (SSSR count). The van der Waals surface area contributed by atoms with Gasteiger partial charge < -0.3 is 9.64 Å². The van der Waals surface area contributed by atoms with Crippen LogP contribution in [0.25, 0.3) is 0 Å². The molecule has 2 atom stereocenters. The van der Waals surface area contributed by atoms with Crippen molar-refractivity contribution >= 4 is 11.9 Å². The first kappa shape index (κ1) is 16.0. The van der Waals surface area contributed by atoms with Gasteiger partial charge in [-0.05, 0) is 19.3 Å². The summed E-state index contributed by atoms with van der Waals surface area (Å²) in [6.07, 6.45) is 4.98. The van der Waals surface area contributed by atoms with Crippen molar-refractivity contribution in [2.75, 3.05) is 19.7 Å². The molecule has 110 valence electrons. The lowest BCUT2D eigenvalue weighted by Crippen LogP contribution is -2.31. The van der Waals surface area contributed by atoms with Crippen LogP contribution < -0.4 is 0 Å². The SMILES string of the molecule is CCCCC(CC)CN1CC(C(=O)OCC)CC1=O. The van der Waals surface area contributed by atoms with Gasteiger partial charge in [0.25, 0.3) is 0 Å². The van der Waals surface area contributed by atoms with Gasteiger partial charge in [-0.2, -0.15) is 0 Å². The van der Waals surface area contributed by atoms with Gasteiger partial charge in [-0.15, -0.1) is 0 Å². The number of hydrogen-bond donors (Lipinski definition) is 0. The van der Waals surface area contributed by atoms with Gasteiger partial charge in [0.05, 0.1) is 12.5 Å². The van der Waals surface area contributed by atoms with E-state index in [1.54, 1.807) is 6.92 Å². The maximum absolute atomic E-state index is 11.9. The first-order chi connectivity index (χ1) is 9.12. The number of carbonyl (C=O) groups excluding carboxylic acids is 2. The van der Waals surface area contributed by atoms with Gasteiger partial charge in [-0.25, -0.2) is 0 Å². The molecule has 2 unspecified atom stereocenters. The summed E-state index contributed by atoms with van der Waals surface area (Å²) in [6.45, 7) is 7.88. The molecule has 0 aromatic carbocycles. The van der Waals surface area contributed by atoms with Crippen LogP contribution in [0.3, 0.4) is 0 Å². The average Bonchev–Trinajstić information content (AvgIpc) is 2.76. The molecule has 19 heavy (non-hydrogen) atoms. The van der Waals surface area contributed by atoms with Crippen molar-refractivity contribution in [3.8, 4) is 0 Å². The van der Waals surface area contributed by atoms with Crippen LogP contribution in [0.15, 0.2) is 0 Å². The maximum Gasteiger partial charge on any atom is 0.311 e. The van der Waals surface area contributed by atoms with Crippen LogP contribution in [0.2, 0.25) is 0 Å². The molecule has 0 N–H and O–H groups in total. The molecular weight excluding hydrogens is 242 g/mol. The quantitative estimate of drug-likeness (QED) is 0.636. The Bertz CT molecular complexity index is 304. The molecule has 4 heteroatoms. The van der Waals surface area contributed by atoms with Crippen LogP contribution in [0.4, 0.5) is 0 Å². The fourth-order valence-corrected chi connectivity index (χ4v) is 2.60. The van der Waals surface area contributed by atoms with Crippen molar-refractivity contribution < 1.29 is 14.3 Å². The summed E-state index contributed by atoms with van der Waals surface area (Å²) in [7, 11) is 0. The lowest BCUT2D eigenvalue weighted by Gasteiger charge is -2.23. The number of hydrogen-bond acceptors (Lipinski definition) is 3. The van der Waals surface area contributed by atoms with Crippen molar-refractivity contribution in [1.29, 1.82) is 0 Å². The Morgan fingerprint density at radius 3 is 2.74 bits per heavy atom. The number of nitrogens with zero attached hydrogens (tertiary/aromatic N) is 1. The lowest BCUT2D eigenvalue weighted by atomic mass is 9.99. The molecular formula is C15H27NO3. The van der Waals surface area contributed by atoms with E-state index in [-0.39, 0.29) is 17.8 Å². The van der Waals surface area contributed by atoms with Crippen molar-refractivity contribution in [1.82, 2.24) is 4.90 Å². The van der Waals surface area contributed by atoms with E-state index in [9.17, 15) is 9.59 Å². The van der Waals surface area contributed by atoms with E-state index >= 15 is 0 Å². The molecule has 0 saturated carbocycles. The summed E-state index contributed by atoms with van der Waals surface area (Å²) in [5.74, 6) is 0.189. The van der Waals surface area contributed by atoms with Crippen LogP contribution >= 0.6 is 0 Å². The van der Waals surface area contributed by atoms with E-state index < -0.39 is 0 Å². The predicted molar refractivity (Wildman–Crippen MR) is 74.6 cm³/mol. The second-order valence-electron chi connectivity index (χ2n) is 5.37. The second kappa shape index (κ2) is 8.18. The number of likely N-dealkylation sites (tertiary alicyclic amines) is 1. The minimum atomic E-state index is -0.254. The van der Waals surface area contributed by atoms with Gasteiger partial charge in [0.15, 0.2) is 0 Å². The average molecular weight is 269 g/mol. The van der Waals surface area contributed by atoms with E-state index in [1.807, 2.05) is 4.90 Å². The first-order valence-corrected chi connectivity index (χ1v) is 7.56. The van der Waals surface area contributed by atoms with Crippen LogP contribution in [-0.4, -0.2) is 36.5 Å². The smallest absolute Gasteiger partial charge is 0.311 e. The van der Waals surface area contributed by atoms with Crippen LogP contribution in [0, 0.1) is 11.8 Å². The van der Waals surface area contributed by atoms with E-state index in [1.165, 1.54) is 19.3 Å². The van der Waals surface area contributed by atoms with Crippen molar-refractivity contribution in [3.05, 3.63) is 0 Å². The summed E-state index contributed by atoms with van der Waals surface area (Å²) < 4.78 is 5.00. The van der Waals surface area contributed by atoms with Crippen molar-refractivity contribution in [3.63, 3.8) is 0 Å². The highest BCUT2D eigenvalue weighted by atomic mass is 16.5. The second-order valence-corrected chi connectivity index (χ2v) is 5.37. The Morgan fingerprint density at radius 1 is 1.42 bits per heavy atom. The maximum atomic E-state index is 11.9. The number of rotatable bonds is 8. The molecule has 1 fully saturated rings. The Kier molecular flexibility index (Phi) is 6.89. The lowest BCUT2D eigenvalue weighted by molar-refractivity contribution is -0.147. The zero-order chi connectivity index (χ0) is 14.3. The largest absolute Gasteiger partial charge is 0.466 e. The molecule has 0 bridgehead atoms. The molecule has 1 saturated heterocycles. The fourth-order valence-electron chi connectivity index (χ4n) is 2.60. The number of carbonyl (C=O) groups is 2. The zero-order valence-electron chi connectivity index (χ0n) is 12.5. The van der Waals surface area contributed by atoms with E-state index in [0.29, 0.717) is 25.5 Å². The Balaban J connectivity index is 2.46. The summed E-state index contributed by atoms with van der Waals surface area (Å²) in [4.78, 5) is 25.5. The highest BCUT2D eigenvalue weighted by molar-refractivity contribution is 5.86. The molecule has 0 aromatic heterocycles. The van der Waals surface area contributed by atoms with E-state index in [2.05, 4.69) is 13.8 Å². The van der Waals surface area contributed by atoms with Crippen LogP contribution in [-0.2, 0) is 14.3 Å². The van der Waals surface area contributed by atoms with Gasteiger partial charge in [0, 0.05) is 19.5 Å². The predicted octanol–water partition coefficient (Wildman–Crippen LogP) is 2.61. The summed E-state index contributed by atoms with van der Waals surface area (Å²) >= 11 is 0. The molecule has 4 nitrogen and oxygen atoms in total. The molecule has 0 aromatic rings. The van der Waals surface area contributed by atoms with Gasteiger partial charge >= 0.3 is 5.97 Å². The molecule has 1 amide bonds. The fraction of sp³-hybridized carbons (Fsp3) is 0.867. The van der Waals surface area contributed by atoms with Crippen molar-refractivity contribution in [2.24, 2.45) is 11.8 Å². The topological polar surface area (TPSA) is 46.6 Å². The number of unbranched alkanes of at least 4 members (excludes halogenated alkanes) is 1. The summed E-state index contributed by atoms with van der Waals surface area (Å²) in [5, 5.41) is 0. The number of ether oxygens (including phenoxy) is 1. The van der Waals surface area contributed by atoms with E-state index in [4.69, 9.17) is 4.74 Å². The monoisotopic (exact) mass is 269 g/mol. The summed E-state index contributed by atoms with van der Waals surface area (Å²) in [5.41, 5.74) is 0. The number of amides is 1. The molecule has 0 aliphatic carbocycles. The Morgan fingerprint density at radius 2 is 2.16 bits per heavy atom. The van der Waals surface area contributed by atoms with Crippen LogP contribution in [0.5, 0.6) is 0 Å². The standard InChI is InChI=1S/C15H27NO3/c1-4-7-8-12(5-2)10-16-11-13(9-14(16)17)15(18)19-6-3/h12-13H,4-11H2,1-3H3. The molecule has 1 aliphatic heterocycles. The third kappa shape index (κ3) is 4.84. The number of esters is 1. The zero-order valence-corrected chi connectivity index (χ0v) is 12.5. The summed E-state index contributed by atoms with van der Waals surface area (Å²) in [6, 6.07) is 0. The van der Waals surface area contributed by atoms with Gasteiger partial charge in [0.1, 0.15) is 0 Å². The molecule has 0 spiro atoms. The van der Waals surface area contributed by atoms with Gasteiger partial charge in [0.2, 0.25) is 5.91 Å². The van der Waals surface area contributed by atoms with Crippen LogP contribution in [0.1, 0.15) is 52.9 Å². The highest BCUT2D eigenvalue weighted by Crippen LogP contribution is 2.23.